The average molecular weight is 370 g/mol. The van der Waals surface area contributed by atoms with Gasteiger partial charge in [0.2, 0.25) is 5.82 Å². The van der Waals surface area contributed by atoms with E-state index in [2.05, 4.69) is 26.0 Å². The van der Waals surface area contributed by atoms with Crippen molar-refractivity contribution in [3.8, 4) is 16.9 Å². The molecule has 0 saturated carbocycles. The molecular weight excluding hydrogens is 358 g/mol. The third-order valence-electron chi connectivity index (χ3n) is 3.24. The van der Waals surface area contributed by atoms with Gasteiger partial charge in [-0.05, 0) is 24.3 Å². The number of hydrogen-bond donors (Lipinski definition) is 0. The van der Waals surface area contributed by atoms with Crippen LogP contribution in [0.25, 0.3) is 16.9 Å². The zero-order valence-corrected chi connectivity index (χ0v) is 13.8. The molecule has 0 N–H and O–H groups in total. The first-order valence-corrected chi connectivity index (χ1v) is 7.69. The second-order valence-corrected chi connectivity index (χ2v) is 5.82. The van der Waals surface area contributed by atoms with Crippen molar-refractivity contribution in [1.29, 1.82) is 0 Å². The molecule has 2 aromatic carbocycles. The lowest BCUT2D eigenvalue weighted by atomic mass is 10.1. The van der Waals surface area contributed by atoms with Gasteiger partial charge >= 0.3 is 0 Å². The highest BCUT2D eigenvalue weighted by molar-refractivity contribution is 9.10. The minimum Gasteiger partial charge on any atom is -0.291 e. The molecule has 1 aromatic heterocycles. The van der Waals surface area contributed by atoms with Crippen molar-refractivity contribution in [3.63, 3.8) is 0 Å². The van der Waals surface area contributed by atoms with E-state index in [0.29, 0.717) is 11.3 Å². The molecule has 23 heavy (non-hydrogen) atoms. The van der Waals surface area contributed by atoms with Gasteiger partial charge in [-0.2, -0.15) is 4.68 Å². The quantitative estimate of drug-likeness (QED) is 0.664. The summed E-state index contributed by atoms with van der Waals surface area (Å²) in [7, 11) is 0. The van der Waals surface area contributed by atoms with E-state index in [-0.39, 0.29) is 22.9 Å². The molecule has 0 radical (unpaired) electrons. The van der Waals surface area contributed by atoms with E-state index in [1.165, 1.54) is 11.6 Å². The van der Waals surface area contributed by atoms with Crippen LogP contribution in [0.4, 0.5) is 0 Å². The van der Waals surface area contributed by atoms with Crippen LogP contribution in [-0.2, 0) is 0 Å². The van der Waals surface area contributed by atoms with E-state index in [0.717, 1.165) is 4.47 Å². The molecular formula is C17H12BrN3O2. The molecule has 1 heterocycles. The Hall–Kier alpha value is -2.60. The molecule has 0 amide bonds. The summed E-state index contributed by atoms with van der Waals surface area (Å²) in [5.74, 6) is -0.292. The highest BCUT2D eigenvalue weighted by Gasteiger charge is 2.15. The Kier molecular flexibility index (Phi) is 4.16. The fourth-order valence-corrected chi connectivity index (χ4v) is 2.37. The van der Waals surface area contributed by atoms with Gasteiger partial charge in [0.1, 0.15) is 5.69 Å². The number of Topliss-reactive ketones (excluding diaryl/α,β-unsaturated/α-hetero) is 1. The smallest absolute Gasteiger partial charge is 0.291 e. The van der Waals surface area contributed by atoms with Crippen molar-refractivity contribution in [1.82, 2.24) is 14.8 Å². The van der Waals surface area contributed by atoms with Crippen LogP contribution < -0.4 is 5.56 Å². The van der Waals surface area contributed by atoms with Crippen LogP contribution in [0.3, 0.4) is 0 Å². The molecule has 0 unspecified atom stereocenters. The molecule has 0 saturated heterocycles. The fourth-order valence-electron chi connectivity index (χ4n) is 2.11. The van der Waals surface area contributed by atoms with Crippen LogP contribution in [0, 0.1) is 0 Å². The standard InChI is InChI=1S/C17H12BrN3O2/c1-11(22)16-19-15(12-5-3-2-4-6-12)17(23)21(20-16)14-9-7-13(18)8-10-14/h2-10H,1H3. The number of benzene rings is 2. The highest BCUT2D eigenvalue weighted by Crippen LogP contribution is 2.15. The first-order valence-electron chi connectivity index (χ1n) is 6.90. The molecule has 0 aliphatic carbocycles. The molecule has 6 heteroatoms. The molecule has 3 rings (SSSR count). The van der Waals surface area contributed by atoms with Gasteiger partial charge in [-0.1, -0.05) is 46.3 Å². The Morgan fingerprint density at radius 3 is 2.30 bits per heavy atom. The summed E-state index contributed by atoms with van der Waals surface area (Å²) in [6.45, 7) is 1.38. The Bertz CT molecular complexity index is 919. The number of nitrogens with zero attached hydrogens (tertiary/aromatic N) is 3. The summed E-state index contributed by atoms with van der Waals surface area (Å²) in [4.78, 5) is 28.6. The van der Waals surface area contributed by atoms with E-state index < -0.39 is 0 Å². The first-order chi connectivity index (χ1) is 11.1. The van der Waals surface area contributed by atoms with Crippen LogP contribution in [0.2, 0.25) is 0 Å². The van der Waals surface area contributed by atoms with Crippen molar-refractivity contribution in [2.75, 3.05) is 0 Å². The number of aromatic nitrogens is 3. The van der Waals surface area contributed by atoms with Gasteiger partial charge in [-0.3, -0.25) is 9.59 Å². The van der Waals surface area contributed by atoms with Gasteiger partial charge < -0.3 is 0 Å². The average Bonchev–Trinajstić information content (AvgIpc) is 2.56. The minimum atomic E-state index is -0.372. The summed E-state index contributed by atoms with van der Waals surface area (Å²) < 4.78 is 2.09. The van der Waals surface area contributed by atoms with Gasteiger partial charge in [0.25, 0.3) is 5.56 Å². The SMILES string of the molecule is CC(=O)c1nc(-c2ccccc2)c(=O)n(-c2ccc(Br)cc2)n1. The fraction of sp³-hybridized carbons (Fsp3) is 0.0588. The largest absolute Gasteiger partial charge is 0.298 e. The topological polar surface area (TPSA) is 64.8 Å². The van der Waals surface area contributed by atoms with E-state index >= 15 is 0 Å². The Labute approximate surface area is 140 Å². The Morgan fingerprint density at radius 1 is 1.04 bits per heavy atom. The zero-order chi connectivity index (χ0) is 16.4. The summed E-state index contributed by atoms with van der Waals surface area (Å²) >= 11 is 3.35. The maximum Gasteiger partial charge on any atom is 0.298 e. The van der Waals surface area contributed by atoms with Crippen molar-refractivity contribution in [3.05, 3.63) is 75.2 Å². The molecule has 3 aromatic rings. The lowest BCUT2D eigenvalue weighted by Gasteiger charge is -2.09. The molecule has 0 spiro atoms. The normalized spacial score (nSPS) is 10.5. The third-order valence-corrected chi connectivity index (χ3v) is 3.77. The predicted octanol–water partition coefficient (Wildman–Crippen LogP) is 3.26. The van der Waals surface area contributed by atoms with E-state index in [1.54, 1.807) is 36.4 Å². The number of halogens is 1. The lowest BCUT2D eigenvalue weighted by molar-refractivity contribution is 0.100. The second kappa shape index (κ2) is 6.26. The number of carbonyl (C=O) groups is 1. The molecule has 0 aliphatic rings. The van der Waals surface area contributed by atoms with Gasteiger partial charge in [0.15, 0.2) is 5.78 Å². The molecule has 5 nitrogen and oxygen atoms in total. The Morgan fingerprint density at radius 2 is 1.70 bits per heavy atom. The minimum absolute atomic E-state index is 0.00590. The van der Waals surface area contributed by atoms with Crippen LogP contribution in [0.15, 0.2) is 63.9 Å². The van der Waals surface area contributed by atoms with Crippen LogP contribution in [-0.4, -0.2) is 20.5 Å². The van der Waals surface area contributed by atoms with Crippen LogP contribution in [0.1, 0.15) is 17.5 Å². The van der Waals surface area contributed by atoms with Gasteiger partial charge in [0.05, 0.1) is 5.69 Å². The van der Waals surface area contributed by atoms with Crippen molar-refractivity contribution in [2.45, 2.75) is 6.92 Å². The molecule has 0 aliphatic heterocycles. The first kappa shape index (κ1) is 15.3. The van der Waals surface area contributed by atoms with Crippen molar-refractivity contribution < 1.29 is 4.79 Å². The zero-order valence-electron chi connectivity index (χ0n) is 12.2. The highest BCUT2D eigenvalue weighted by atomic mass is 79.9. The Balaban J connectivity index is 2.28. The van der Waals surface area contributed by atoms with E-state index in [9.17, 15) is 9.59 Å². The van der Waals surface area contributed by atoms with Crippen molar-refractivity contribution in [2.24, 2.45) is 0 Å². The van der Waals surface area contributed by atoms with E-state index in [4.69, 9.17) is 0 Å². The van der Waals surface area contributed by atoms with Gasteiger partial charge in [0, 0.05) is 17.0 Å². The van der Waals surface area contributed by atoms with Crippen LogP contribution >= 0.6 is 15.9 Å². The molecule has 0 atom stereocenters. The maximum atomic E-state index is 12.7. The summed E-state index contributed by atoms with van der Waals surface area (Å²) in [6.07, 6.45) is 0. The number of rotatable bonds is 3. The predicted molar refractivity (Wildman–Crippen MR) is 90.8 cm³/mol. The van der Waals surface area contributed by atoms with Crippen molar-refractivity contribution >= 4 is 21.7 Å². The maximum absolute atomic E-state index is 12.7. The van der Waals surface area contributed by atoms with E-state index in [1.807, 2.05) is 18.2 Å². The lowest BCUT2D eigenvalue weighted by Crippen LogP contribution is -2.27. The van der Waals surface area contributed by atoms with Gasteiger partial charge in [-0.15, -0.1) is 5.10 Å². The second-order valence-electron chi connectivity index (χ2n) is 4.90. The number of hydrogen-bond acceptors (Lipinski definition) is 4. The summed E-state index contributed by atoms with van der Waals surface area (Å²) in [6, 6.07) is 16.1. The number of carbonyl (C=O) groups excluding carboxylic acids is 1. The van der Waals surface area contributed by atoms with Crippen LogP contribution in [0.5, 0.6) is 0 Å². The summed E-state index contributed by atoms with van der Waals surface area (Å²) in [5.41, 5.74) is 1.05. The summed E-state index contributed by atoms with van der Waals surface area (Å²) in [5, 5.41) is 4.09. The van der Waals surface area contributed by atoms with Gasteiger partial charge in [-0.25, -0.2) is 4.98 Å². The molecule has 114 valence electrons. The molecule has 0 fully saturated rings. The monoisotopic (exact) mass is 369 g/mol. The number of ketones is 1. The third kappa shape index (κ3) is 3.12. The molecule has 0 bridgehead atoms.